The summed E-state index contributed by atoms with van der Waals surface area (Å²) in [7, 11) is 0. The largest absolute Gasteiger partial charge is 0.282 e. The zero-order valence-electron chi connectivity index (χ0n) is 13.2. The third-order valence-corrected chi connectivity index (χ3v) is 4.16. The molecule has 0 fully saturated rings. The van der Waals surface area contributed by atoms with E-state index in [9.17, 15) is 8.78 Å². The highest BCUT2D eigenvalue weighted by Gasteiger charge is 2.16. The first-order valence-electron chi connectivity index (χ1n) is 7.79. The second kappa shape index (κ2) is 5.41. The summed E-state index contributed by atoms with van der Waals surface area (Å²) in [6.45, 7) is 0. The Bertz CT molecular complexity index is 1260. The van der Waals surface area contributed by atoms with Gasteiger partial charge in [-0.25, -0.2) is 28.4 Å². The fourth-order valence-corrected chi connectivity index (χ4v) is 2.95. The molecule has 0 bridgehead atoms. The minimum atomic E-state index is -0.940. The maximum atomic E-state index is 13.7. The summed E-state index contributed by atoms with van der Waals surface area (Å²) in [5, 5.41) is 5.06. The Morgan fingerprint density at radius 1 is 0.885 bits per heavy atom. The van der Waals surface area contributed by atoms with Crippen LogP contribution in [0, 0.1) is 11.6 Å². The molecule has 0 aliphatic carbocycles. The van der Waals surface area contributed by atoms with E-state index in [2.05, 4.69) is 20.1 Å². The molecule has 0 unspecified atom stereocenters. The van der Waals surface area contributed by atoms with E-state index >= 15 is 0 Å². The molecule has 3 heterocycles. The summed E-state index contributed by atoms with van der Waals surface area (Å²) < 4.78 is 30.4. The number of hydrogen-bond donors (Lipinski definition) is 0. The summed E-state index contributed by atoms with van der Waals surface area (Å²) in [6, 6.07) is 11.7. The van der Waals surface area contributed by atoms with Gasteiger partial charge in [0.1, 0.15) is 12.7 Å². The highest BCUT2D eigenvalue weighted by atomic mass is 19.2. The topological polar surface area (TPSA) is 61.4 Å². The normalized spacial score (nSPS) is 11.5. The molecular weight excluding hydrogens is 338 g/mol. The molecule has 0 atom stereocenters. The van der Waals surface area contributed by atoms with E-state index < -0.39 is 11.6 Å². The van der Waals surface area contributed by atoms with Crippen molar-refractivity contribution in [2.75, 3.05) is 0 Å². The fourth-order valence-electron chi connectivity index (χ4n) is 2.95. The first-order valence-corrected chi connectivity index (χ1v) is 7.79. The minimum absolute atomic E-state index is 0.339. The first kappa shape index (κ1) is 14.6. The summed E-state index contributed by atoms with van der Waals surface area (Å²) in [6.07, 6.45) is 4.53. The average Bonchev–Trinajstić information content (AvgIpc) is 3.27. The molecule has 8 heteroatoms. The lowest BCUT2D eigenvalue weighted by atomic mass is 10.3. The van der Waals surface area contributed by atoms with Crippen molar-refractivity contribution in [1.82, 2.24) is 29.3 Å². The second-order valence-corrected chi connectivity index (χ2v) is 5.70. The van der Waals surface area contributed by atoms with Gasteiger partial charge in [-0.15, -0.1) is 0 Å². The van der Waals surface area contributed by atoms with Gasteiger partial charge in [-0.05, 0) is 12.1 Å². The van der Waals surface area contributed by atoms with Crippen LogP contribution in [-0.2, 0) is 0 Å². The van der Waals surface area contributed by atoms with E-state index in [0.717, 1.165) is 17.8 Å². The van der Waals surface area contributed by atoms with Crippen molar-refractivity contribution in [3.63, 3.8) is 0 Å². The third-order valence-electron chi connectivity index (χ3n) is 4.16. The number of fused-ring (bicyclic) bond motifs is 2. The Balaban J connectivity index is 1.76. The number of imidazole rings is 1. The lowest BCUT2D eigenvalue weighted by Crippen LogP contribution is -2.01. The van der Waals surface area contributed by atoms with E-state index in [1.807, 2.05) is 30.3 Å². The molecule has 2 aromatic carbocycles. The number of halogens is 2. The predicted octanol–water partition coefficient (Wildman–Crippen LogP) is 3.43. The summed E-state index contributed by atoms with van der Waals surface area (Å²) in [4.78, 5) is 12.8. The van der Waals surface area contributed by atoms with Crippen LogP contribution in [0.15, 0.2) is 61.3 Å². The second-order valence-electron chi connectivity index (χ2n) is 5.70. The molecule has 0 saturated carbocycles. The Morgan fingerprint density at radius 2 is 1.69 bits per heavy atom. The molecule has 126 valence electrons. The predicted molar refractivity (Wildman–Crippen MR) is 91.2 cm³/mol. The van der Waals surface area contributed by atoms with Crippen molar-refractivity contribution in [2.45, 2.75) is 0 Å². The molecule has 0 N–H and O–H groups in total. The number of nitrogens with zero attached hydrogens (tertiary/aromatic N) is 6. The lowest BCUT2D eigenvalue weighted by Gasteiger charge is -2.06. The van der Waals surface area contributed by atoms with Gasteiger partial charge in [0, 0.05) is 12.1 Å². The quantitative estimate of drug-likeness (QED) is 0.490. The van der Waals surface area contributed by atoms with Crippen LogP contribution in [0.4, 0.5) is 8.78 Å². The van der Waals surface area contributed by atoms with Gasteiger partial charge in [-0.3, -0.25) is 4.57 Å². The van der Waals surface area contributed by atoms with Crippen molar-refractivity contribution >= 4 is 22.1 Å². The lowest BCUT2D eigenvalue weighted by molar-refractivity contribution is 0.510. The summed E-state index contributed by atoms with van der Waals surface area (Å²) in [5.74, 6) is -1.39. The Labute approximate surface area is 145 Å². The molecule has 3 aromatic heterocycles. The smallest absolute Gasteiger partial charge is 0.168 e. The minimum Gasteiger partial charge on any atom is -0.282 e. The number of aromatic nitrogens is 6. The maximum Gasteiger partial charge on any atom is 0.168 e. The van der Waals surface area contributed by atoms with Crippen molar-refractivity contribution in [2.24, 2.45) is 0 Å². The van der Waals surface area contributed by atoms with Crippen LogP contribution in [0.3, 0.4) is 0 Å². The molecule has 0 spiro atoms. The SMILES string of the molecule is Fc1cc2ncn(-c3ncnc4c3cnn4-c3ccccc3)c2cc1F. The average molecular weight is 348 g/mol. The van der Waals surface area contributed by atoms with Gasteiger partial charge in [-0.1, -0.05) is 18.2 Å². The van der Waals surface area contributed by atoms with Crippen LogP contribution in [0.5, 0.6) is 0 Å². The van der Waals surface area contributed by atoms with Gasteiger partial charge in [0.05, 0.1) is 28.3 Å². The first-order chi connectivity index (χ1) is 12.7. The summed E-state index contributed by atoms with van der Waals surface area (Å²) >= 11 is 0. The van der Waals surface area contributed by atoms with Crippen molar-refractivity contribution in [3.8, 4) is 11.5 Å². The highest BCUT2D eigenvalue weighted by molar-refractivity contribution is 5.86. The maximum absolute atomic E-state index is 13.7. The fraction of sp³-hybridized carbons (Fsp3) is 0. The zero-order chi connectivity index (χ0) is 17.7. The molecule has 26 heavy (non-hydrogen) atoms. The molecule has 0 amide bonds. The van der Waals surface area contributed by atoms with Gasteiger partial charge in [-0.2, -0.15) is 5.10 Å². The van der Waals surface area contributed by atoms with Crippen LogP contribution in [0.1, 0.15) is 0 Å². The van der Waals surface area contributed by atoms with Gasteiger partial charge < -0.3 is 0 Å². The van der Waals surface area contributed by atoms with E-state index in [-0.39, 0.29) is 0 Å². The number of para-hydroxylation sites is 1. The van der Waals surface area contributed by atoms with Crippen LogP contribution >= 0.6 is 0 Å². The molecule has 0 aliphatic rings. The Hall–Kier alpha value is -3.68. The molecule has 5 rings (SSSR count). The van der Waals surface area contributed by atoms with Crippen LogP contribution < -0.4 is 0 Å². The molecule has 6 nitrogen and oxygen atoms in total. The van der Waals surface area contributed by atoms with Gasteiger partial charge in [0.15, 0.2) is 23.1 Å². The third kappa shape index (κ3) is 2.08. The zero-order valence-corrected chi connectivity index (χ0v) is 13.2. The molecule has 0 radical (unpaired) electrons. The van der Waals surface area contributed by atoms with Gasteiger partial charge in [0.2, 0.25) is 0 Å². The number of rotatable bonds is 2. The molecule has 5 aromatic rings. The molecular formula is C18H10F2N6. The van der Waals surface area contributed by atoms with Crippen molar-refractivity contribution < 1.29 is 8.78 Å². The number of benzene rings is 2. The molecule has 0 aliphatic heterocycles. The molecule has 0 saturated heterocycles. The van der Waals surface area contributed by atoms with Crippen LogP contribution in [0.25, 0.3) is 33.6 Å². The van der Waals surface area contributed by atoms with Crippen LogP contribution in [-0.4, -0.2) is 29.3 Å². The van der Waals surface area contributed by atoms with Crippen LogP contribution in [0.2, 0.25) is 0 Å². The monoisotopic (exact) mass is 348 g/mol. The van der Waals surface area contributed by atoms with E-state index in [4.69, 9.17) is 0 Å². The van der Waals surface area contributed by atoms with Crippen molar-refractivity contribution in [3.05, 3.63) is 73.0 Å². The standard InChI is InChI=1S/C18H10F2N6/c19-13-6-15-16(7-14(13)20)25(10-23-15)17-12-8-24-26(18(12)22-9-21-17)11-4-2-1-3-5-11/h1-10H. The Kier molecular flexibility index (Phi) is 3.05. The summed E-state index contributed by atoms with van der Waals surface area (Å²) in [5.41, 5.74) is 2.21. The van der Waals surface area contributed by atoms with Gasteiger partial charge >= 0.3 is 0 Å². The van der Waals surface area contributed by atoms with E-state index in [1.54, 1.807) is 15.4 Å². The van der Waals surface area contributed by atoms with E-state index in [1.165, 1.54) is 12.7 Å². The highest BCUT2D eigenvalue weighted by Crippen LogP contribution is 2.25. The van der Waals surface area contributed by atoms with E-state index in [0.29, 0.717) is 27.9 Å². The van der Waals surface area contributed by atoms with Gasteiger partial charge in [0.25, 0.3) is 0 Å². The van der Waals surface area contributed by atoms with Crippen molar-refractivity contribution in [1.29, 1.82) is 0 Å². The Morgan fingerprint density at radius 3 is 2.54 bits per heavy atom. The number of hydrogen-bond acceptors (Lipinski definition) is 4.